The summed E-state index contributed by atoms with van der Waals surface area (Å²) in [5, 5.41) is 24.9. The molecule has 0 spiro atoms. The highest BCUT2D eigenvalue weighted by molar-refractivity contribution is 5.88. The number of hydrogen-bond acceptors (Lipinski definition) is 5. The number of hydrogen-bond donors (Lipinski definition) is 4. The minimum atomic E-state index is -1.09. The van der Waals surface area contributed by atoms with Crippen LogP contribution in [-0.4, -0.2) is 88.2 Å². The number of piperidine rings is 1. The van der Waals surface area contributed by atoms with Crippen molar-refractivity contribution in [3.8, 4) is 0 Å². The molecule has 5 atom stereocenters. The first-order chi connectivity index (χ1) is 15.7. The van der Waals surface area contributed by atoms with Gasteiger partial charge in [-0.05, 0) is 44.1 Å². The van der Waals surface area contributed by atoms with Crippen LogP contribution in [0.1, 0.15) is 31.7 Å². The van der Waals surface area contributed by atoms with Crippen molar-refractivity contribution in [2.75, 3.05) is 20.1 Å². The molecule has 2 fully saturated rings. The summed E-state index contributed by atoms with van der Waals surface area (Å²) < 4.78 is 0. The Kier molecular flexibility index (Phi) is 7.91. The van der Waals surface area contributed by atoms with Gasteiger partial charge in [0.1, 0.15) is 12.1 Å². The Morgan fingerprint density at radius 3 is 2.45 bits per heavy atom. The maximum Gasteiger partial charge on any atom is 0.326 e. The number of rotatable bonds is 8. The molecule has 0 unspecified atom stereocenters. The van der Waals surface area contributed by atoms with Crippen LogP contribution in [0.2, 0.25) is 0 Å². The molecule has 10 nitrogen and oxygen atoms in total. The van der Waals surface area contributed by atoms with E-state index < -0.39 is 42.0 Å². The van der Waals surface area contributed by atoms with E-state index >= 15 is 0 Å². The van der Waals surface area contributed by atoms with E-state index in [1.165, 1.54) is 11.9 Å². The van der Waals surface area contributed by atoms with Gasteiger partial charge in [-0.3, -0.25) is 14.9 Å². The van der Waals surface area contributed by atoms with E-state index in [0.29, 0.717) is 25.8 Å². The second kappa shape index (κ2) is 10.7. The van der Waals surface area contributed by atoms with Gasteiger partial charge in [-0.2, -0.15) is 0 Å². The van der Waals surface area contributed by atoms with Crippen molar-refractivity contribution < 1.29 is 29.4 Å². The number of amides is 3. The smallest absolute Gasteiger partial charge is 0.326 e. The van der Waals surface area contributed by atoms with Gasteiger partial charge in [0.25, 0.3) is 0 Å². The van der Waals surface area contributed by atoms with Gasteiger partial charge in [0, 0.05) is 20.1 Å². The fourth-order valence-electron chi connectivity index (χ4n) is 4.91. The first kappa shape index (κ1) is 24.5. The molecule has 10 heteroatoms. The van der Waals surface area contributed by atoms with Crippen LogP contribution in [0.4, 0.5) is 4.79 Å². The van der Waals surface area contributed by atoms with Gasteiger partial charge < -0.3 is 25.3 Å². The van der Waals surface area contributed by atoms with Crippen LogP contribution in [0, 0.1) is 5.92 Å². The molecule has 180 valence electrons. The Bertz CT molecular complexity index is 879. The molecule has 1 aromatic rings. The number of carboxylic acids is 2. The van der Waals surface area contributed by atoms with Crippen LogP contribution in [-0.2, 0) is 20.8 Å². The lowest BCUT2D eigenvalue weighted by Crippen LogP contribution is -2.59. The highest BCUT2D eigenvalue weighted by atomic mass is 16.4. The standard InChI is InChI=1S/C23H32N4O6/c1-14(25-17(21(29)30)9-8-15-6-4-3-5-7-15)20(28)27-18(22(31)32)12-16-10-11-26(13-19(16)27)23(33)24-2/h3-7,14,16-19,25H,8-13H2,1-2H3,(H,24,33)(H,29,30)(H,31,32)/t14-,16+,17+,18+,19+/m0/s1. The number of nitrogens with one attached hydrogen (secondary N) is 2. The van der Waals surface area contributed by atoms with Crippen LogP contribution in [0.3, 0.4) is 0 Å². The average molecular weight is 461 g/mol. The van der Waals surface area contributed by atoms with Gasteiger partial charge in [-0.25, -0.2) is 9.59 Å². The summed E-state index contributed by atoms with van der Waals surface area (Å²) in [6.45, 7) is 2.32. The number of carbonyl (C=O) groups is 4. The summed E-state index contributed by atoms with van der Waals surface area (Å²) in [4.78, 5) is 52.2. The predicted molar refractivity (Wildman–Crippen MR) is 120 cm³/mol. The molecule has 2 aliphatic heterocycles. The third-order valence-corrected chi connectivity index (χ3v) is 6.67. The summed E-state index contributed by atoms with van der Waals surface area (Å²) >= 11 is 0. The van der Waals surface area contributed by atoms with Gasteiger partial charge in [0.05, 0.1) is 12.1 Å². The Hall–Kier alpha value is -3.14. The summed E-state index contributed by atoms with van der Waals surface area (Å²) in [6, 6.07) is 5.95. The third-order valence-electron chi connectivity index (χ3n) is 6.67. The summed E-state index contributed by atoms with van der Waals surface area (Å²) in [5.74, 6) is -2.63. The Morgan fingerprint density at radius 1 is 1.15 bits per heavy atom. The van der Waals surface area contributed by atoms with Crippen LogP contribution in [0.15, 0.2) is 30.3 Å². The van der Waals surface area contributed by atoms with Gasteiger partial charge in [0.15, 0.2) is 0 Å². The maximum atomic E-state index is 13.4. The van der Waals surface area contributed by atoms with Crippen molar-refractivity contribution in [1.29, 1.82) is 0 Å². The summed E-state index contributed by atoms with van der Waals surface area (Å²) in [6.07, 6.45) is 1.76. The number of carboxylic acid groups (broad SMARTS) is 2. The molecule has 2 saturated heterocycles. The van der Waals surface area contributed by atoms with E-state index in [1.807, 2.05) is 30.3 Å². The number of benzene rings is 1. The largest absolute Gasteiger partial charge is 0.480 e. The molecule has 2 heterocycles. The lowest BCUT2D eigenvalue weighted by Gasteiger charge is -2.39. The van der Waals surface area contributed by atoms with Crippen molar-refractivity contribution >= 4 is 23.9 Å². The SMILES string of the molecule is CNC(=O)N1CC[C@@H]2C[C@H](C(=O)O)N(C(=O)[C@H](C)N[C@H](CCc3ccccc3)C(=O)O)[C@@H]2C1. The quantitative estimate of drug-likeness (QED) is 0.449. The number of carbonyl (C=O) groups excluding carboxylic acids is 2. The zero-order valence-corrected chi connectivity index (χ0v) is 18.9. The van der Waals surface area contributed by atoms with Gasteiger partial charge in [-0.15, -0.1) is 0 Å². The fourth-order valence-corrected chi connectivity index (χ4v) is 4.91. The van der Waals surface area contributed by atoms with Crippen molar-refractivity contribution in [3.05, 3.63) is 35.9 Å². The minimum Gasteiger partial charge on any atom is -0.480 e. The van der Waals surface area contributed by atoms with Crippen molar-refractivity contribution in [2.24, 2.45) is 5.92 Å². The molecule has 0 bridgehead atoms. The van der Waals surface area contributed by atoms with Crippen molar-refractivity contribution in [2.45, 2.75) is 56.8 Å². The maximum absolute atomic E-state index is 13.4. The number of urea groups is 1. The third kappa shape index (κ3) is 5.62. The minimum absolute atomic E-state index is 0.0171. The molecule has 0 aromatic heterocycles. The van der Waals surface area contributed by atoms with Crippen LogP contribution in [0.25, 0.3) is 0 Å². The average Bonchev–Trinajstić information content (AvgIpc) is 3.20. The zero-order chi connectivity index (χ0) is 24.1. The lowest BCUT2D eigenvalue weighted by molar-refractivity contribution is -0.151. The number of likely N-dealkylation sites (tertiary alicyclic amines) is 2. The van der Waals surface area contributed by atoms with Crippen molar-refractivity contribution in [3.63, 3.8) is 0 Å². The number of aryl methyl sites for hydroxylation is 1. The molecule has 3 rings (SSSR count). The lowest BCUT2D eigenvalue weighted by atomic mass is 9.91. The fraction of sp³-hybridized carbons (Fsp3) is 0.565. The molecule has 4 N–H and O–H groups in total. The summed E-state index contributed by atoms with van der Waals surface area (Å²) in [5.41, 5.74) is 0.995. The van der Waals surface area contributed by atoms with E-state index in [0.717, 1.165) is 5.56 Å². The molecule has 2 aliphatic rings. The monoisotopic (exact) mass is 460 g/mol. The Morgan fingerprint density at radius 2 is 1.85 bits per heavy atom. The van der Waals surface area contributed by atoms with Crippen molar-refractivity contribution in [1.82, 2.24) is 20.4 Å². The first-order valence-electron chi connectivity index (χ1n) is 11.3. The van der Waals surface area contributed by atoms with Crippen LogP contribution < -0.4 is 10.6 Å². The topological polar surface area (TPSA) is 139 Å². The molecule has 0 radical (unpaired) electrons. The molecular formula is C23H32N4O6. The van der Waals surface area contributed by atoms with Gasteiger partial charge >= 0.3 is 18.0 Å². The predicted octanol–water partition coefficient (Wildman–Crippen LogP) is 0.766. The normalized spacial score (nSPS) is 24.0. The molecule has 3 amide bonds. The first-order valence-corrected chi connectivity index (χ1v) is 11.3. The Labute approximate surface area is 192 Å². The number of aliphatic carboxylic acids is 2. The van der Waals surface area contributed by atoms with Gasteiger partial charge in [0.2, 0.25) is 5.91 Å². The van der Waals surface area contributed by atoms with E-state index in [4.69, 9.17) is 0 Å². The van der Waals surface area contributed by atoms with Gasteiger partial charge in [-0.1, -0.05) is 30.3 Å². The van der Waals surface area contributed by atoms with E-state index in [-0.39, 0.29) is 24.9 Å². The van der Waals surface area contributed by atoms with E-state index in [9.17, 15) is 29.4 Å². The molecule has 0 saturated carbocycles. The van der Waals surface area contributed by atoms with Crippen LogP contribution >= 0.6 is 0 Å². The highest BCUT2D eigenvalue weighted by Crippen LogP contribution is 2.36. The second-order valence-electron chi connectivity index (χ2n) is 8.76. The highest BCUT2D eigenvalue weighted by Gasteiger charge is 2.50. The number of nitrogens with zero attached hydrogens (tertiary/aromatic N) is 2. The van der Waals surface area contributed by atoms with E-state index in [2.05, 4.69) is 10.6 Å². The van der Waals surface area contributed by atoms with Crippen LogP contribution in [0.5, 0.6) is 0 Å². The Balaban J connectivity index is 1.71. The molecular weight excluding hydrogens is 428 g/mol. The number of fused-ring (bicyclic) bond motifs is 1. The molecule has 1 aromatic carbocycles. The van der Waals surface area contributed by atoms with E-state index in [1.54, 1.807) is 11.8 Å². The molecule has 0 aliphatic carbocycles. The summed E-state index contributed by atoms with van der Waals surface area (Å²) in [7, 11) is 1.53. The second-order valence-corrected chi connectivity index (χ2v) is 8.76. The zero-order valence-electron chi connectivity index (χ0n) is 18.9. The molecule has 33 heavy (non-hydrogen) atoms.